The van der Waals surface area contributed by atoms with Crippen molar-refractivity contribution in [3.05, 3.63) is 133 Å². The second kappa shape index (κ2) is 18.9. The van der Waals surface area contributed by atoms with Crippen molar-refractivity contribution in [3.8, 4) is 0 Å². The molecule has 0 aromatic heterocycles. The largest absolute Gasteiger partial charge is 0.463 e. The molecule has 2 amide bonds. The van der Waals surface area contributed by atoms with E-state index in [0.29, 0.717) is 25.7 Å². The van der Waals surface area contributed by atoms with Crippen LogP contribution in [0, 0.1) is 11.8 Å². The number of esters is 1. The molecule has 44 heavy (non-hydrogen) atoms. The second-order valence-corrected chi connectivity index (χ2v) is 10.9. The Kier molecular flexibility index (Phi) is 14.6. The van der Waals surface area contributed by atoms with Crippen LogP contribution in [0.1, 0.15) is 48.4 Å². The molecule has 0 heterocycles. The van der Waals surface area contributed by atoms with Crippen molar-refractivity contribution in [2.24, 2.45) is 11.8 Å². The highest BCUT2D eigenvalue weighted by Gasteiger charge is 2.27. The standard InChI is InChI=1S/C37H44N2O5/c1-3-5-20-32(23-28-16-9-6-10-17-28)37(43)44-27-34(30-21-13-8-14-22-30)39-36(42)31(15-4-2)25-35(41)38-33(26-40)24-29-18-11-7-12-19-29/h3-4,6-14,16-19,21-22,31-34,40H,1-2,5,15,20,23-27H2,(H,38,41)(H,39,42)/t31-,32+,33-,34+/m0/s1. The summed E-state index contributed by atoms with van der Waals surface area (Å²) in [4.78, 5) is 39.7. The Balaban J connectivity index is 1.66. The monoisotopic (exact) mass is 596 g/mol. The van der Waals surface area contributed by atoms with Crippen LogP contribution in [0.25, 0.3) is 0 Å². The van der Waals surface area contributed by atoms with Crippen molar-refractivity contribution in [3.63, 3.8) is 0 Å². The van der Waals surface area contributed by atoms with E-state index < -0.39 is 18.0 Å². The van der Waals surface area contributed by atoms with Crippen molar-refractivity contribution >= 4 is 17.8 Å². The van der Waals surface area contributed by atoms with Crippen LogP contribution in [-0.2, 0) is 32.0 Å². The number of nitrogens with one attached hydrogen (secondary N) is 2. The molecule has 0 saturated heterocycles. The minimum absolute atomic E-state index is 0.0510. The molecule has 3 rings (SSSR count). The number of ether oxygens (including phenoxy) is 1. The maximum Gasteiger partial charge on any atom is 0.309 e. The van der Waals surface area contributed by atoms with Gasteiger partial charge in [0.05, 0.1) is 30.5 Å². The molecule has 0 bridgehead atoms. The zero-order chi connectivity index (χ0) is 31.6. The molecular formula is C37H44N2O5. The lowest BCUT2D eigenvalue weighted by Crippen LogP contribution is -2.42. The smallest absolute Gasteiger partial charge is 0.309 e. The van der Waals surface area contributed by atoms with Crippen LogP contribution in [0.3, 0.4) is 0 Å². The summed E-state index contributed by atoms with van der Waals surface area (Å²) in [6.07, 6.45) is 5.91. The van der Waals surface area contributed by atoms with Gasteiger partial charge in [-0.25, -0.2) is 0 Å². The quantitative estimate of drug-likeness (QED) is 0.125. The number of hydrogen-bond donors (Lipinski definition) is 3. The molecular weight excluding hydrogens is 552 g/mol. The third kappa shape index (κ3) is 11.7. The second-order valence-electron chi connectivity index (χ2n) is 10.9. The first-order valence-corrected chi connectivity index (χ1v) is 15.1. The third-order valence-corrected chi connectivity index (χ3v) is 7.45. The van der Waals surface area contributed by atoms with E-state index in [4.69, 9.17) is 4.74 Å². The van der Waals surface area contributed by atoms with E-state index in [0.717, 1.165) is 16.7 Å². The Hall–Kier alpha value is -4.49. The number of benzene rings is 3. The van der Waals surface area contributed by atoms with Crippen LogP contribution >= 0.6 is 0 Å². The van der Waals surface area contributed by atoms with Gasteiger partial charge < -0.3 is 20.5 Å². The molecule has 0 unspecified atom stereocenters. The first-order chi connectivity index (χ1) is 21.4. The van der Waals surface area contributed by atoms with Crippen molar-refractivity contribution in [2.45, 2.75) is 50.6 Å². The molecule has 0 aliphatic heterocycles. The summed E-state index contributed by atoms with van der Waals surface area (Å²) in [7, 11) is 0. The number of carbonyl (C=O) groups is 3. The van der Waals surface area contributed by atoms with E-state index in [1.165, 1.54) is 0 Å². The first kappa shape index (κ1) is 34.0. The third-order valence-electron chi connectivity index (χ3n) is 7.45. The molecule has 3 N–H and O–H groups in total. The molecule has 0 aliphatic rings. The Morgan fingerprint density at radius 2 is 1.36 bits per heavy atom. The van der Waals surface area contributed by atoms with Gasteiger partial charge in [-0.15, -0.1) is 13.2 Å². The van der Waals surface area contributed by atoms with E-state index >= 15 is 0 Å². The molecule has 3 aromatic carbocycles. The first-order valence-electron chi connectivity index (χ1n) is 15.1. The average Bonchev–Trinajstić information content (AvgIpc) is 3.05. The summed E-state index contributed by atoms with van der Waals surface area (Å²) in [5.41, 5.74) is 2.82. The number of carbonyl (C=O) groups excluding carboxylic acids is 3. The molecule has 232 valence electrons. The fourth-order valence-corrected chi connectivity index (χ4v) is 5.05. The number of hydrogen-bond acceptors (Lipinski definition) is 5. The van der Waals surface area contributed by atoms with E-state index in [1.54, 1.807) is 12.2 Å². The molecule has 4 atom stereocenters. The molecule has 7 nitrogen and oxygen atoms in total. The minimum Gasteiger partial charge on any atom is -0.463 e. The van der Waals surface area contributed by atoms with Gasteiger partial charge in [0.15, 0.2) is 0 Å². The summed E-state index contributed by atoms with van der Waals surface area (Å²) >= 11 is 0. The topological polar surface area (TPSA) is 105 Å². The highest BCUT2D eigenvalue weighted by atomic mass is 16.5. The summed E-state index contributed by atoms with van der Waals surface area (Å²) in [5.74, 6) is -2.06. The lowest BCUT2D eigenvalue weighted by molar-refractivity contribution is -0.150. The van der Waals surface area contributed by atoms with E-state index in [2.05, 4.69) is 23.8 Å². The van der Waals surface area contributed by atoms with Crippen LogP contribution < -0.4 is 10.6 Å². The number of rotatable bonds is 19. The van der Waals surface area contributed by atoms with Crippen LogP contribution in [0.2, 0.25) is 0 Å². The van der Waals surface area contributed by atoms with Gasteiger partial charge in [-0.2, -0.15) is 0 Å². The number of aliphatic hydroxyl groups excluding tert-OH is 1. The van der Waals surface area contributed by atoms with E-state index in [1.807, 2.05) is 91.0 Å². The summed E-state index contributed by atoms with van der Waals surface area (Å²) < 4.78 is 5.82. The molecule has 0 spiro atoms. The zero-order valence-corrected chi connectivity index (χ0v) is 25.3. The molecule has 0 fully saturated rings. The Bertz CT molecular complexity index is 1310. The Morgan fingerprint density at radius 1 is 0.773 bits per heavy atom. The van der Waals surface area contributed by atoms with Gasteiger partial charge in [0.25, 0.3) is 0 Å². The SMILES string of the molecule is C=CCC[C@H](Cc1ccccc1)C(=O)OC[C@@H](NC(=O)[C@@H](CC=C)CC(=O)N[C@H](CO)Cc1ccccc1)c1ccccc1. The normalized spacial score (nSPS) is 13.5. The molecule has 0 saturated carbocycles. The van der Waals surface area contributed by atoms with Gasteiger partial charge in [0, 0.05) is 6.42 Å². The van der Waals surface area contributed by atoms with Crippen molar-refractivity contribution < 1.29 is 24.2 Å². The van der Waals surface area contributed by atoms with Crippen LogP contribution in [0.15, 0.2) is 116 Å². The van der Waals surface area contributed by atoms with Gasteiger partial charge in [-0.3, -0.25) is 14.4 Å². The maximum absolute atomic E-state index is 13.5. The van der Waals surface area contributed by atoms with Gasteiger partial charge in [-0.05, 0) is 48.8 Å². The highest BCUT2D eigenvalue weighted by molar-refractivity contribution is 5.86. The maximum atomic E-state index is 13.5. The number of amides is 2. The van der Waals surface area contributed by atoms with Crippen molar-refractivity contribution in [2.75, 3.05) is 13.2 Å². The van der Waals surface area contributed by atoms with Gasteiger partial charge >= 0.3 is 5.97 Å². The van der Waals surface area contributed by atoms with E-state index in [-0.39, 0.29) is 49.8 Å². The van der Waals surface area contributed by atoms with Crippen LogP contribution in [-0.4, -0.2) is 42.1 Å². The fraction of sp³-hybridized carbons (Fsp3) is 0.324. The fourth-order valence-electron chi connectivity index (χ4n) is 5.05. The molecule has 0 aliphatic carbocycles. The molecule has 7 heteroatoms. The van der Waals surface area contributed by atoms with Gasteiger partial charge in [-0.1, -0.05) is 103 Å². The van der Waals surface area contributed by atoms with E-state index in [9.17, 15) is 19.5 Å². The Labute approximate surface area is 261 Å². The summed E-state index contributed by atoms with van der Waals surface area (Å²) in [6.45, 7) is 7.28. The average molecular weight is 597 g/mol. The van der Waals surface area contributed by atoms with Gasteiger partial charge in [0.1, 0.15) is 6.61 Å². The number of allylic oxidation sites excluding steroid dienone is 2. The Morgan fingerprint density at radius 3 is 1.93 bits per heavy atom. The summed E-state index contributed by atoms with van der Waals surface area (Å²) in [6, 6.07) is 27.6. The minimum atomic E-state index is -0.691. The predicted octanol–water partition coefficient (Wildman–Crippen LogP) is 5.51. The highest BCUT2D eigenvalue weighted by Crippen LogP contribution is 2.20. The predicted molar refractivity (Wildman–Crippen MR) is 173 cm³/mol. The van der Waals surface area contributed by atoms with Gasteiger partial charge in [0.2, 0.25) is 11.8 Å². The van der Waals surface area contributed by atoms with Crippen molar-refractivity contribution in [1.29, 1.82) is 0 Å². The molecule has 3 aromatic rings. The zero-order valence-electron chi connectivity index (χ0n) is 25.3. The summed E-state index contributed by atoms with van der Waals surface area (Å²) in [5, 5.41) is 15.7. The molecule has 0 radical (unpaired) electrons. The number of aliphatic hydroxyl groups is 1. The van der Waals surface area contributed by atoms with Crippen LogP contribution in [0.4, 0.5) is 0 Å². The lowest BCUT2D eigenvalue weighted by atomic mass is 9.94. The van der Waals surface area contributed by atoms with Crippen LogP contribution in [0.5, 0.6) is 0 Å². The lowest BCUT2D eigenvalue weighted by Gasteiger charge is -2.24. The van der Waals surface area contributed by atoms with Crippen molar-refractivity contribution in [1.82, 2.24) is 10.6 Å².